The molecule has 0 bridgehead atoms. The molecule has 0 aliphatic carbocycles. The average Bonchev–Trinajstić information content (AvgIpc) is 2.13. The minimum absolute atomic E-state index is 0.565. The van der Waals surface area contributed by atoms with Gasteiger partial charge in [-0.25, -0.2) is 4.79 Å². The lowest BCUT2D eigenvalue weighted by atomic mass is 10.2. The van der Waals surface area contributed by atoms with Gasteiger partial charge in [0.2, 0.25) is 0 Å². The lowest BCUT2D eigenvalue weighted by Gasteiger charge is -2.01. The van der Waals surface area contributed by atoms with Gasteiger partial charge < -0.3 is 10.2 Å². The predicted octanol–water partition coefficient (Wildman–Crippen LogP) is -0.159. The van der Waals surface area contributed by atoms with E-state index in [1.807, 2.05) is 0 Å². The molecule has 19 heavy (non-hydrogen) atoms. The lowest BCUT2D eigenvalue weighted by Crippen LogP contribution is -2.02. The number of aromatic hydroxyl groups is 1. The second kappa shape index (κ2) is 5.97. The van der Waals surface area contributed by atoms with Crippen molar-refractivity contribution in [1.82, 2.24) is 0 Å². The topological polar surface area (TPSA) is 166 Å². The van der Waals surface area contributed by atoms with Gasteiger partial charge in [-0.1, -0.05) is 0 Å². The molecule has 0 radical (unpaired) electrons. The molecule has 0 spiro atoms. The summed E-state index contributed by atoms with van der Waals surface area (Å²) in [5.74, 6) is -2.04. The molecule has 0 aliphatic rings. The van der Waals surface area contributed by atoms with Crippen LogP contribution in [0, 0.1) is 0 Å². The monoisotopic (exact) mass is 314 g/mol. The summed E-state index contributed by atoms with van der Waals surface area (Å²) in [6, 6.07) is 2.46. The first-order valence-electron chi connectivity index (χ1n) is 4.28. The number of phenols is 1. The van der Waals surface area contributed by atoms with Crippen molar-refractivity contribution in [1.29, 1.82) is 0 Å². The van der Waals surface area contributed by atoms with Crippen LogP contribution in [0.15, 0.2) is 23.1 Å². The molecule has 0 aliphatic heterocycles. The van der Waals surface area contributed by atoms with E-state index in [4.69, 9.17) is 19.3 Å². The first-order chi connectivity index (χ1) is 8.32. The van der Waals surface area contributed by atoms with Crippen LogP contribution in [0.3, 0.4) is 0 Å². The zero-order chi connectivity index (χ0) is 15.4. The third-order valence-electron chi connectivity index (χ3n) is 1.50. The molecule has 9 nitrogen and oxygen atoms in total. The van der Waals surface area contributed by atoms with Gasteiger partial charge in [0, 0.05) is 0 Å². The summed E-state index contributed by atoms with van der Waals surface area (Å²) >= 11 is 0. The molecule has 4 N–H and O–H groups in total. The number of hydrogen-bond acceptors (Lipinski definition) is 6. The molecule has 0 unspecified atom stereocenters. The fourth-order valence-electron chi connectivity index (χ4n) is 0.847. The highest BCUT2D eigenvalue weighted by atomic mass is 32.2. The van der Waals surface area contributed by atoms with Gasteiger partial charge >= 0.3 is 5.97 Å². The van der Waals surface area contributed by atoms with E-state index < -0.39 is 42.4 Å². The molecule has 1 rings (SSSR count). The fourth-order valence-corrected chi connectivity index (χ4v) is 1.35. The van der Waals surface area contributed by atoms with Crippen LogP contribution in [0.25, 0.3) is 0 Å². The maximum absolute atomic E-state index is 10.6. The molecular formula is C8H10O9S2. The Bertz CT molecular complexity index is 664. The maximum Gasteiger partial charge on any atom is 0.339 e. The predicted molar refractivity (Wildman–Crippen MR) is 62.4 cm³/mol. The Labute approximate surface area is 108 Å². The van der Waals surface area contributed by atoms with E-state index in [0.717, 1.165) is 12.1 Å². The van der Waals surface area contributed by atoms with Crippen LogP contribution >= 0.6 is 0 Å². The normalized spacial score (nSPS) is 11.3. The molecule has 1 aromatic rings. The third kappa shape index (κ3) is 7.35. The standard InChI is InChI=1S/C7H6O6S.CH4O3S/c8-6-2-1-4(14(11,12)13)3-5(6)7(9)10;1-5(2,3)4/h1-3,8H,(H,9,10)(H,11,12,13);1H3,(H,2,3,4). The number of aromatic carboxylic acids is 1. The molecule has 0 fully saturated rings. The highest BCUT2D eigenvalue weighted by Gasteiger charge is 2.16. The van der Waals surface area contributed by atoms with Crippen molar-refractivity contribution in [3.05, 3.63) is 23.8 Å². The van der Waals surface area contributed by atoms with E-state index >= 15 is 0 Å². The summed E-state index contributed by atoms with van der Waals surface area (Å²) in [7, 11) is -8.12. The molecule has 11 heteroatoms. The summed E-state index contributed by atoms with van der Waals surface area (Å²) in [5.41, 5.74) is -0.583. The molecular weight excluding hydrogens is 304 g/mol. The molecule has 0 saturated carbocycles. The van der Waals surface area contributed by atoms with Gasteiger partial charge in [0.05, 0.1) is 11.2 Å². The molecule has 1 aromatic carbocycles. The lowest BCUT2D eigenvalue weighted by molar-refractivity contribution is 0.0693. The van der Waals surface area contributed by atoms with Crippen molar-refractivity contribution < 1.29 is 40.9 Å². The summed E-state index contributed by atoms with van der Waals surface area (Å²) in [4.78, 5) is 9.89. The van der Waals surface area contributed by atoms with Crippen molar-refractivity contribution in [2.45, 2.75) is 4.90 Å². The van der Waals surface area contributed by atoms with Crippen LogP contribution < -0.4 is 0 Å². The smallest absolute Gasteiger partial charge is 0.339 e. The number of rotatable bonds is 2. The Morgan fingerprint density at radius 2 is 1.53 bits per heavy atom. The van der Waals surface area contributed by atoms with Crippen molar-refractivity contribution in [2.75, 3.05) is 6.26 Å². The van der Waals surface area contributed by atoms with Gasteiger partial charge in [-0.05, 0) is 18.2 Å². The van der Waals surface area contributed by atoms with Crippen LogP contribution in [0.1, 0.15) is 10.4 Å². The Morgan fingerprint density at radius 1 is 1.11 bits per heavy atom. The number of carbonyl (C=O) groups is 1. The third-order valence-corrected chi connectivity index (χ3v) is 2.35. The van der Waals surface area contributed by atoms with E-state index in [-0.39, 0.29) is 0 Å². The summed E-state index contributed by atoms with van der Waals surface area (Å²) < 4.78 is 55.7. The molecule has 0 saturated heterocycles. The van der Waals surface area contributed by atoms with Gasteiger partial charge in [0.1, 0.15) is 11.3 Å². The van der Waals surface area contributed by atoms with Crippen LogP contribution in [0.5, 0.6) is 5.75 Å². The summed E-state index contributed by atoms with van der Waals surface area (Å²) in [6.45, 7) is 0. The second-order valence-corrected chi connectivity index (χ2v) is 6.08. The Hall–Kier alpha value is -1.69. The quantitative estimate of drug-likeness (QED) is 0.542. The second-order valence-electron chi connectivity index (χ2n) is 3.19. The Balaban J connectivity index is 0.000000555. The SMILES string of the molecule is CS(=O)(=O)O.O=C(O)c1cc(S(=O)(=O)O)ccc1O. The summed E-state index contributed by atoms with van der Waals surface area (Å²) in [5, 5.41) is 17.5. The highest BCUT2D eigenvalue weighted by molar-refractivity contribution is 7.85. The molecule has 0 aromatic heterocycles. The highest BCUT2D eigenvalue weighted by Crippen LogP contribution is 2.20. The van der Waals surface area contributed by atoms with Crippen molar-refractivity contribution in [2.24, 2.45) is 0 Å². The zero-order valence-corrected chi connectivity index (χ0v) is 11.0. The molecule has 0 atom stereocenters. The first-order valence-corrected chi connectivity index (χ1v) is 7.57. The maximum atomic E-state index is 10.6. The van der Waals surface area contributed by atoms with Crippen LogP contribution in [-0.4, -0.2) is 48.4 Å². The van der Waals surface area contributed by atoms with Crippen molar-refractivity contribution in [3.63, 3.8) is 0 Å². The zero-order valence-electron chi connectivity index (χ0n) is 9.38. The van der Waals surface area contributed by atoms with E-state index in [0.29, 0.717) is 12.3 Å². The first kappa shape index (κ1) is 17.3. The van der Waals surface area contributed by atoms with E-state index in [1.54, 1.807) is 0 Å². The largest absolute Gasteiger partial charge is 0.507 e. The number of benzene rings is 1. The number of carboxylic acid groups (broad SMARTS) is 1. The van der Waals surface area contributed by atoms with E-state index in [9.17, 15) is 21.6 Å². The van der Waals surface area contributed by atoms with Gasteiger partial charge in [-0.3, -0.25) is 9.11 Å². The molecule has 108 valence electrons. The minimum Gasteiger partial charge on any atom is -0.507 e. The Morgan fingerprint density at radius 3 is 1.84 bits per heavy atom. The molecule has 0 heterocycles. The van der Waals surface area contributed by atoms with Crippen LogP contribution in [0.2, 0.25) is 0 Å². The van der Waals surface area contributed by atoms with Crippen LogP contribution in [0.4, 0.5) is 0 Å². The van der Waals surface area contributed by atoms with Crippen LogP contribution in [-0.2, 0) is 20.2 Å². The number of carboxylic acids is 1. The molecule has 0 amide bonds. The van der Waals surface area contributed by atoms with E-state index in [2.05, 4.69) is 0 Å². The average molecular weight is 314 g/mol. The minimum atomic E-state index is -4.45. The van der Waals surface area contributed by atoms with E-state index in [1.165, 1.54) is 0 Å². The van der Waals surface area contributed by atoms with Gasteiger partial charge in [0.15, 0.2) is 0 Å². The summed E-state index contributed by atoms with van der Waals surface area (Å²) in [6.07, 6.45) is 0.715. The Kier molecular flexibility index (Phi) is 5.44. The van der Waals surface area contributed by atoms with Crippen molar-refractivity contribution >= 4 is 26.2 Å². The fraction of sp³-hybridized carbons (Fsp3) is 0.125. The number of hydrogen-bond donors (Lipinski definition) is 4. The van der Waals surface area contributed by atoms with Crippen molar-refractivity contribution in [3.8, 4) is 5.75 Å². The van der Waals surface area contributed by atoms with Gasteiger partial charge in [0.25, 0.3) is 20.2 Å². The van der Waals surface area contributed by atoms with Gasteiger partial charge in [-0.2, -0.15) is 16.8 Å². The van der Waals surface area contributed by atoms with Gasteiger partial charge in [-0.15, -0.1) is 0 Å².